The van der Waals surface area contributed by atoms with E-state index in [1.54, 1.807) is 14.2 Å². The van der Waals surface area contributed by atoms with E-state index in [1.807, 2.05) is 18.2 Å². The fraction of sp³-hybridized carbons (Fsp3) is 0.650. The van der Waals surface area contributed by atoms with Crippen LogP contribution in [0.4, 0.5) is 5.69 Å². The molecule has 1 aromatic rings. The highest BCUT2D eigenvalue weighted by Crippen LogP contribution is 2.57. The number of hydrogen-bond donors (Lipinski definition) is 1. The molecule has 0 spiro atoms. The van der Waals surface area contributed by atoms with Crippen LogP contribution >= 0.6 is 12.2 Å². The van der Waals surface area contributed by atoms with Crippen molar-refractivity contribution in [1.82, 2.24) is 4.90 Å². The Hall–Kier alpha value is -1.49. The predicted octanol–water partition coefficient (Wildman–Crippen LogP) is 4.30. The van der Waals surface area contributed by atoms with E-state index in [9.17, 15) is 0 Å². The zero-order valence-corrected chi connectivity index (χ0v) is 16.2. The molecule has 0 amide bonds. The molecule has 136 valence electrons. The zero-order chi connectivity index (χ0) is 17.6. The minimum Gasteiger partial charge on any atom is -0.493 e. The molecule has 0 unspecified atom stereocenters. The fourth-order valence-electron chi connectivity index (χ4n) is 5.81. The lowest BCUT2D eigenvalue weighted by Crippen LogP contribution is -2.60. The molecule has 0 heterocycles. The van der Waals surface area contributed by atoms with Gasteiger partial charge in [0.25, 0.3) is 0 Å². The highest BCUT2D eigenvalue weighted by molar-refractivity contribution is 7.80. The molecule has 5 heteroatoms. The van der Waals surface area contributed by atoms with Crippen molar-refractivity contribution in [2.45, 2.75) is 44.1 Å². The van der Waals surface area contributed by atoms with Crippen molar-refractivity contribution in [3.05, 3.63) is 18.2 Å². The molecule has 0 radical (unpaired) electrons. The third kappa shape index (κ3) is 2.97. The molecular formula is C20H28N2O2S. The number of nitrogens with zero attached hydrogens (tertiary/aromatic N) is 1. The average Bonchev–Trinajstić information content (AvgIpc) is 2.59. The third-order valence-electron chi connectivity index (χ3n) is 6.66. The standard InChI is InChI=1S/C20H28N2O2S/c1-22(20-10-13-6-14(11-20)8-15(7-13)12-20)19(25)21-16-4-5-17(23-2)18(9-16)24-3/h4-5,9,13-15H,6-8,10-12H2,1-3H3,(H,21,25). The Labute approximate surface area is 155 Å². The molecule has 4 aliphatic carbocycles. The van der Waals surface area contributed by atoms with Gasteiger partial charge in [-0.3, -0.25) is 0 Å². The van der Waals surface area contributed by atoms with Crippen molar-refractivity contribution < 1.29 is 9.47 Å². The Kier molecular flexibility index (Phi) is 4.30. The Morgan fingerprint density at radius 1 is 1.04 bits per heavy atom. The van der Waals surface area contributed by atoms with Crippen molar-refractivity contribution in [2.24, 2.45) is 17.8 Å². The zero-order valence-electron chi connectivity index (χ0n) is 15.4. The topological polar surface area (TPSA) is 33.7 Å². The van der Waals surface area contributed by atoms with Crippen LogP contribution in [0.3, 0.4) is 0 Å². The highest BCUT2D eigenvalue weighted by atomic mass is 32.1. The van der Waals surface area contributed by atoms with Crippen LogP contribution < -0.4 is 14.8 Å². The van der Waals surface area contributed by atoms with Gasteiger partial charge in [0.2, 0.25) is 0 Å². The number of hydrogen-bond acceptors (Lipinski definition) is 3. The summed E-state index contributed by atoms with van der Waals surface area (Å²) in [5.41, 5.74) is 1.22. The van der Waals surface area contributed by atoms with Gasteiger partial charge in [-0.1, -0.05) is 0 Å². The highest BCUT2D eigenvalue weighted by Gasteiger charge is 2.53. The fourth-order valence-corrected chi connectivity index (χ4v) is 6.12. The van der Waals surface area contributed by atoms with Gasteiger partial charge in [0.15, 0.2) is 16.6 Å². The quantitative estimate of drug-likeness (QED) is 0.810. The van der Waals surface area contributed by atoms with Crippen LogP contribution in [0, 0.1) is 17.8 Å². The van der Waals surface area contributed by atoms with Crippen molar-refractivity contribution >= 4 is 23.0 Å². The Bertz CT molecular complexity index is 640. The summed E-state index contributed by atoms with van der Waals surface area (Å²) in [6, 6.07) is 5.84. The second kappa shape index (κ2) is 6.35. The average molecular weight is 361 g/mol. The van der Waals surface area contributed by atoms with Gasteiger partial charge >= 0.3 is 0 Å². The van der Waals surface area contributed by atoms with E-state index in [0.29, 0.717) is 5.75 Å². The molecule has 4 fully saturated rings. The number of anilines is 1. The number of methoxy groups -OCH3 is 2. The van der Waals surface area contributed by atoms with Gasteiger partial charge in [-0.05, 0) is 80.6 Å². The SMILES string of the molecule is COc1ccc(NC(=S)N(C)C23CC4CC(CC(C4)C2)C3)cc1OC. The monoisotopic (exact) mass is 360 g/mol. The van der Waals surface area contributed by atoms with E-state index >= 15 is 0 Å². The van der Waals surface area contributed by atoms with Crippen molar-refractivity contribution in [1.29, 1.82) is 0 Å². The van der Waals surface area contributed by atoms with Gasteiger partial charge in [0, 0.05) is 24.3 Å². The number of benzene rings is 1. The number of ether oxygens (including phenoxy) is 2. The molecule has 1 aromatic carbocycles. The molecule has 25 heavy (non-hydrogen) atoms. The number of thiocarbonyl (C=S) groups is 1. The molecule has 4 saturated carbocycles. The maximum atomic E-state index is 5.78. The lowest BCUT2D eigenvalue weighted by Gasteiger charge is -2.60. The van der Waals surface area contributed by atoms with Gasteiger partial charge in [-0.2, -0.15) is 0 Å². The Morgan fingerprint density at radius 3 is 2.12 bits per heavy atom. The summed E-state index contributed by atoms with van der Waals surface area (Å²) in [7, 11) is 5.49. The summed E-state index contributed by atoms with van der Waals surface area (Å²) < 4.78 is 10.7. The van der Waals surface area contributed by atoms with Crippen LogP contribution in [0.2, 0.25) is 0 Å². The molecule has 1 N–H and O–H groups in total. The number of nitrogens with one attached hydrogen (secondary N) is 1. The Morgan fingerprint density at radius 2 is 1.60 bits per heavy atom. The molecule has 4 bridgehead atoms. The first-order chi connectivity index (χ1) is 12.0. The first-order valence-corrected chi connectivity index (χ1v) is 9.70. The van der Waals surface area contributed by atoms with E-state index in [2.05, 4.69) is 17.3 Å². The van der Waals surface area contributed by atoms with Crippen molar-refractivity contribution in [3.8, 4) is 11.5 Å². The number of rotatable bonds is 4. The largest absolute Gasteiger partial charge is 0.493 e. The predicted molar refractivity (Wildman–Crippen MR) is 104 cm³/mol. The summed E-state index contributed by atoms with van der Waals surface area (Å²) in [5, 5.41) is 4.23. The first kappa shape index (κ1) is 17.0. The van der Waals surface area contributed by atoms with Crippen LogP contribution in [-0.4, -0.2) is 36.8 Å². The molecule has 0 aromatic heterocycles. The molecule has 0 atom stereocenters. The Balaban J connectivity index is 1.50. The molecule has 0 saturated heterocycles. The van der Waals surface area contributed by atoms with Crippen molar-refractivity contribution in [3.63, 3.8) is 0 Å². The second-order valence-corrected chi connectivity index (χ2v) is 8.59. The van der Waals surface area contributed by atoms with E-state index in [4.69, 9.17) is 21.7 Å². The van der Waals surface area contributed by atoms with Gasteiger partial charge in [0.05, 0.1) is 14.2 Å². The summed E-state index contributed by atoms with van der Waals surface area (Å²) >= 11 is 5.78. The second-order valence-electron chi connectivity index (χ2n) is 8.20. The summed E-state index contributed by atoms with van der Waals surface area (Å²) in [6.07, 6.45) is 8.27. The molecule has 4 aliphatic rings. The molecular weight excluding hydrogens is 332 g/mol. The van der Waals surface area contributed by atoms with Crippen LogP contribution in [0.15, 0.2) is 18.2 Å². The van der Waals surface area contributed by atoms with Crippen LogP contribution in [0.25, 0.3) is 0 Å². The maximum absolute atomic E-state index is 5.78. The van der Waals surface area contributed by atoms with E-state index in [-0.39, 0.29) is 5.54 Å². The van der Waals surface area contributed by atoms with Crippen molar-refractivity contribution in [2.75, 3.05) is 26.6 Å². The van der Waals surface area contributed by atoms with Gasteiger partial charge in [-0.15, -0.1) is 0 Å². The van der Waals surface area contributed by atoms with Crippen LogP contribution in [0.1, 0.15) is 38.5 Å². The van der Waals surface area contributed by atoms with E-state index in [0.717, 1.165) is 34.3 Å². The van der Waals surface area contributed by atoms with Crippen LogP contribution in [-0.2, 0) is 0 Å². The minimum absolute atomic E-state index is 0.273. The lowest BCUT2D eigenvalue weighted by molar-refractivity contribution is -0.0538. The minimum atomic E-state index is 0.273. The summed E-state index contributed by atoms with van der Waals surface area (Å²) in [5.74, 6) is 4.19. The van der Waals surface area contributed by atoms with Gasteiger partial charge < -0.3 is 19.7 Å². The van der Waals surface area contributed by atoms with E-state index in [1.165, 1.54) is 38.5 Å². The molecule has 5 rings (SSSR count). The molecule has 0 aliphatic heterocycles. The summed E-state index contributed by atoms with van der Waals surface area (Å²) in [6.45, 7) is 0. The smallest absolute Gasteiger partial charge is 0.173 e. The molecule has 4 nitrogen and oxygen atoms in total. The normalized spacial score (nSPS) is 32.4. The third-order valence-corrected chi connectivity index (χ3v) is 7.03. The first-order valence-electron chi connectivity index (χ1n) is 9.30. The maximum Gasteiger partial charge on any atom is 0.173 e. The van der Waals surface area contributed by atoms with Crippen LogP contribution in [0.5, 0.6) is 11.5 Å². The van der Waals surface area contributed by atoms with E-state index < -0.39 is 0 Å². The van der Waals surface area contributed by atoms with Gasteiger partial charge in [-0.25, -0.2) is 0 Å². The summed E-state index contributed by atoms with van der Waals surface area (Å²) in [4.78, 5) is 2.36. The lowest BCUT2D eigenvalue weighted by atomic mass is 9.52. The van der Waals surface area contributed by atoms with Gasteiger partial charge in [0.1, 0.15) is 0 Å².